The lowest BCUT2D eigenvalue weighted by Gasteiger charge is -2.43. The van der Waals surface area contributed by atoms with Crippen molar-refractivity contribution in [2.45, 2.75) is 58.4 Å². The molecule has 0 aromatic carbocycles. The molecule has 2 rings (SSSR count). The summed E-state index contributed by atoms with van der Waals surface area (Å²) in [7, 11) is 2.12. The van der Waals surface area contributed by atoms with Crippen LogP contribution >= 0.6 is 0 Å². The molecule has 1 aliphatic carbocycles. The van der Waals surface area contributed by atoms with Crippen LogP contribution in [0.1, 0.15) is 52.4 Å². The Labute approximate surface area is 107 Å². The number of rotatable bonds is 4. The van der Waals surface area contributed by atoms with E-state index in [0.717, 1.165) is 12.0 Å². The van der Waals surface area contributed by atoms with Crippen molar-refractivity contribution in [1.29, 1.82) is 0 Å². The highest BCUT2D eigenvalue weighted by Gasteiger charge is 2.37. The Balaban J connectivity index is 2.00. The second-order valence-corrected chi connectivity index (χ2v) is 6.69. The van der Waals surface area contributed by atoms with Gasteiger partial charge in [0.2, 0.25) is 0 Å². The summed E-state index contributed by atoms with van der Waals surface area (Å²) in [5.74, 6) is 0.926. The molecule has 1 saturated heterocycles. The third kappa shape index (κ3) is 3.23. The van der Waals surface area contributed by atoms with Crippen molar-refractivity contribution >= 4 is 0 Å². The van der Waals surface area contributed by atoms with Crippen molar-refractivity contribution in [3.63, 3.8) is 0 Å². The third-order valence-corrected chi connectivity index (χ3v) is 4.97. The van der Waals surface area contributed by atoms with Crippen LogP contribution in [-0.2, 0) is 0 Å². The lowest BCUT2D eigenvalue weighted by Crippen LogP contribution is -2.46. The van der Waals surface area contributed by atoms with E-state index in [2.05, 4.69) is 31.1 Å². The molecule has 1 N–H and O–H groups in total. The van der Waals surface area contributed by atoms with Gasteiger partial charge in [-0.25, -0.2) is 0 Å². The number of likely N-dealkylation sites (tertiary alicyclic amines) is 1. The Hall–Kier alpha value is -0.0800. The van der Waals surface area contributed by atoms with Gasteiger partial charge in [0.15, 0.2) is 0 Å². The molecular formula is C15H30N2. The fraction of sp³-hybridized carbons (Fsp3) is 1.00. The number of nitrogens with one attached hydrogen (secondary N) is 1. The second kappa shape index (κ2) is 5.71. The van der Waals surface area contributed by atoms with Crippen LogP contribution in [0.2, 0.25) is 0 Å². The molecule has 2 aliphatic rings. The van der Waals surface area contributed by atoms with Crippen molar-refractivity contribution in [2.75, 3.05) is 26.7 Å². The van der Waals surface area contributed by atoms with E-state index in [1.807, 2.05) is 0 Å². The second-order valence-electron chi connectivity index (χ2n) is 6.69. The first kappa shape index (κ1) is 13.4. The zero-order valence-electron chi connectivity index (χ0n) is 12.0. The molecule has 0 bridgehead atoms. The first-order valence-electron chi connectivity index (χ1n) is 7.54. The average Bonchev–Trinajstić information content (AvgIpc) is 2.64. The SMILES string of the molecule is CNCC1(CN2CCCC2C)CCCC(C)C1. The Morgan fingerprint density at radius 2 is 2.06 bits per heavy atom. The summed E-state index contributed by atoms with van der Waals surface area (Å²) in [4.78, 5) is 2.75. The van der Waals surface area contributed by atoms with Gasteiger partial charge in [0, 0.05) is 19.1 Å². The third-order valence-electron chi connectivity index (χ3n) is 4.97. The highest BCUT2D eigenvalue weighted by atomic mass is 15.2. The summed E-state index contributed by atoms with van der Waals surface area (Å²) in [6.45, 7) is 8.73. The van der Waals surface area contributed by atoms with Gasteiger partial charge < -0.3 is 10.2 Å². The van der Waals surface area contributed by atoms with E-state index in [1.54, 1.807) is 0 Å². The van der Waals surface area contributed by atoms with Gasteiger partial charge >= 0.3 is 0 Å². The maximum Gasteiger partial charge on any atom is 0.00676 e. The minimum absolute atomic E-state index is 0.561. The molecular weight excluding hydrogens is 208 g/mol. The van der Waals surface area contributed by atoms with Gasteiger partial charge in [-0.1, -0.05) is 19.8 Å². The van der Waals surface area contributed by atoms with Crippen LogP contribution in [0.4, 0.5) is 0 Å². The maximum atomic E-state index is 3.46. The van der Waals surface area contributed by atoms with Crippen LogP contribution in [-0.4, -0.2) is 37.6 Å². The van der Waals surface area contributed by atoms with E-state index >= 15 is 0 Å². The lowest BCUT2D eigenvalue weighted by atomic mass is 9.69. The zero-order chi connectivity index (χ0) is 12.3. The van der Waals surface area contributed by atoms with Crippen molar-refractivity contribution in [2.24, 2.45) is 11.3 Å². The van der Waals surface area contributed by atoms with E-state index in [1.165, 1.54) is 58.2 Å². The molecule has 1 saturated carbocycles. The summed E-state index contributed by atoms with van der Waals surface area (Å²) < 4.78 is 0. The summed E-state index contributed by atoms with van der Waals surface area (Å²) in [5.41, 5.74) is 0.561. The van der Waals surface area contributed by atoms with E-state index in [4.69, 9.17) is 0 Å². The normalized spacial score (nSPS) is 39.7. The fourth-order valence-corrected chi connectivity index (χ4v) is 4.16. The Morgan fingerprint density at radius 1 is 1.24 bits per heavy atom. The highest BCUT2D eigenvalue weighted by Crippen LogP contribution is 2.40. The molecule has 0 amide bonds. The van der Waals surface area contributed by atoms with Gasteiger partial charge in [0.05, 0.1) is 0 Å². The summed E-state index contributed by atoms with van der Waals surface area (Å²) in [6, 6.07) is 0.820. The Bertz CT molecular complexity index is 237. The van der Waals surface area contributed by atoms with E-state index < -0.39 is 0 Å². The maximum absolute atomic E-state index is 3.46. The fourth-order valence-electron chi connectivity index (χ4n) is 4.16. The van der Waals surface area contributed by atoms with Crippen molar-refractivity contribution < 1.29 is 0 Å². The smallest absolute Gasteiger partial charge is 0.00676 e. The van der Waals surface area contributed by atoms with Gasteiger partial charge in [0.1, 0.15) is 0 Å². The van der Waals surface area contributed by atoms with Crippen LogP contribution in [0.3, 0.4) is 0 Å². The summed E-state index contributed by atoms with van der Waals surface area (Å²) in [6.07, 6.45) is 8.56. The van der Waals surface area contributed by atoms with E-state index in [9.17, 15) is 0 Å². The monoisotopic (exact) mass is 238 g/mol. The summed E-state index contributed by atoms with van der Waals surface area (Å²) in [5, 5.41) is 3.46. The average molecular weight is 238 g/mol. The number of hydrogen-bond acceptors (Lipinski definition) is 2. The minimum atomic E-state index is 0.561. The molecule has 1 heterocycles. The molecule has 17 heavy (non-hydrogen) atoms. The lowest BCUT2D eigenvalue weighted by molar-refractivity contribution is 0.0788. The molecule has 3 unspecified atom stereocenters. The van der Waals surface area contributed by atoms with E-state index in [0.29, 0.717) is 5.41 Å². The predicted octanol–water partition coefficient (Wildman–Crippen LogP) is 2.89. The molecule has 0 aromatic heterocycles. The summed E-state index contributed by atoms with van der Waals surface area (Å²) >= 11 is 0. The number of hydrogen-bond donors (Lipinski definition) is 1. The first-order valence-corrected chi connectivity index (χ1v) is 7.54. The predicted molar refractivity (Wildman–Crippen MR) is 74.3 cm³/mol. The zero-order valence-corrected chi connectivity index (χ0v) is 12.0. The standard InChI is InChI=1S/C15H30N2/c1-13-6-4-8-15(10-13,11-16-3)12-17-9-5-7-14(17)2/h13-14,16H,4-12H2,1-3H3. The van der Waals surface area contributed by atoms with Gasteiger partial charge in [-0.15, -0.1) is 0 Å². The molecule has 2 nitrogen and oxygen atoms in total. The first-order chi connectivity index (χ1) is 8.15. The Kier molecular flexibility index (Phi) is 4.48. The van der Waals surface area contributed by atoms with Gasteiger partial charge in [0.25, 0.3) is 0 Å². The molecule has 2 fully saturated rings. The van der Waals surface area contributed by atoms with Gasteiger partial charge in [-0.05, 0) is 57.5 Å². The van der Waals surface area contributed by atoms with Crippen LogP contribution in [0.25, 0.3) is 0 Å². The molecule has 1 aliphatic heterocycles. The highest BCUT2D eigenvalue weighted by molar-refractivity contribution is 4.91. The van der Waals surface area contributed by atoms with Crippen molar-refractivity contribution in [3.8, 4) is 0 Å². The molecule has 0 spiro atoms. The molecule has 0 radical (unpaired) electrons. The minimum Gasteiger partial charge on any atom is -0.319 e. The van der Waals surface area contributed by atoms with E-state index in [-0.39, 0.29) is 0 Å². The largest absolute Gasteiger partial charge is 0.319 e. The van der Waals surface area contributed by atoms with Crippen molar-refractivity contribution in [1.82, 2.24) is 10.2 Å². The van der Waals surface area contributed by atoms with Crippen molar-refractivity contribution in [3.05, 3.63) is 0 Å². The van der Waals surface area contributed by atoms with Crippen LogP contribution < -0.4 is 5.32 Å². The molecule has 100 valence electrons. The molecule has 2 heteroatoms. The van der Waals surface area contributed by atoms with Crippen LogP contribution in [0.15, 0.2) is 0 Å². The van der Waals surface area contributed by atoms with Crippen LogP contribution in [0, 0.1) is 11.3 Å². The molecule has 0 aromatic rings. The topological polar surface area (TPSA) is 15.3 Å². The number of nitrogens with zero attached hydrogens (tertiary/aromatic N) is 1. The quantitative estimate of drug-likeness (QED) is 0.810. The van der Waals surface area contributed by atoms with Gasteiger partial charge in [-0.3, -0.25) is 0 Å². The van der Waals surface area contributed by atoms with Gasteiger partial charge in [-0.2, -0.15) is 0 Å². The van der Waals surface area contributed by atoms with Crippen LogP contribution in [0.5, 0.6) is 0 Å². The molecule has 3 atom stereocenters. The Morgan fingerprint density at radius 3 is 2.65 bits per heavy atom.